The van der Waals surface area contributed by atoms with E-state index in [-0.39, 0.29) is 0 Å². The Hall–Kier alpha value is -0.920. The largest absolute Gasteiger partial charge is 0.293 e. The number of hydrogen-bond donors (Lipinski definition) is 0. The zero-order valence-corrected chi connectivity index (χ0v) is 11.1. The summed E-state index contributed by atoms with van der Waals surface area (Å²) in [6.07, 6.45) is 5.56. The van der Waals surface area contributed by atoms with Gasteiger partial charge in [-0.1, -0.05) is 51.4 Å². The van der Waals surface area contributed by atoms with E-state index in [1.165, 1.54) is 19.3 Å². The molecule has 0 aliphatic rings. The van der Waals surface area contributed by atoms with E-state index in [2.05, 4.69) is 49.4 Å². The van der Waals surface area contributed by atoms with Gasteiger partial charge in [0, 0.05) is 6.42 Å². The Kier molecular flexibility index (Phi) is 11.5. The van der Waals surface area contributed by atoms with Crippen molar-refractivity contribution < 1.29 is 0 Å². The lowest BCUT2D eigenvalue weighted by molar-refractivity contribution is 0.342. The zero-order chi connectivity index (χ0) is 12.1. The zero-order valence-electron chi connectivity index (χ0n) is 11.1. The van der Waals surface area contributed by atoms with Gasteiger partial charge in [-0.2, -0.15) is 0 Å². The van der Waals surface area contributed by atoms with E-state index < -0.39 is 0 Å². The van der Waals surface area contributed by atoms with Gasteiger partial charge >= 0.3 is 0 Å². The lowest BCUT2D eigenvalue weighted by Crippen LogP contribution is -2.22. The molecule has 1 nitrogen and oxygen atoms in total. The van der Waals surface area contributed by atoms with E-state index in [0.717, 1.165) is 32.5 Å². The fraction of sp³-hybridized carbons (Fsp3) is 0.733. The Morgan fingerprint density at radius 1 is 0.812 bits per heavy atom. The maximum atomic E-state index is 3.17. The Morgan fingerprint density at radius 3 is 2.12 bits per heavy atom. The molecule has 0 unspecified atom stereocenters. The third-order valence-electron chi connectivity index (χ3n) is 2.53. The quantitative estimate of drug-likeness (QED) is 0.489. The average molecular weight is 219 g/mol. The molecule has 1 heteroatoms. The van der Waals surface area contributed by atoms with E-state index in [1.54, 1.807) is 0 Å². The fourth-order valence-electron chi connectivity index (χ4n) is 1.34. The predicted octanol–water partition coefficient (Wildman–Crippen LogP) is 3.31. The maximum Gasteiger partial charge on any atom is 0.0703 e. The normalized spacial score (nSPS) is 9.25. The predicted molar refractivity (Wildman–Crippen MR) is 72.1 cm³/mol. The molecule has 0 rings (SSSR count). The van der Waals surface area contributed by atoms with Crippen LogP contribution in [0.3, 0.4) is 0 Å². The molecule has 0 bridgehead atoms. The molecule has 0 spiro atoms. The first-order valence-corrected chi connectivity index (χ1v) is 6.48. The van der Waals surface area contributed by atoms with Crippen molar-refractivity contribution in [3.63, 3.8) is 0 Å². The van der Waals surface area contributed by atoms with Crippen molar-refractivity contribution in [1.82, 2.24) is 4.90 Å². The molecule has 0 saturated heterocycles. The van der Waals surface area contributed by atoms with Gasteiger partial charge in [0.05, 0.1) is 13.0 Å². The Labute approximate surface area is 102 Å². The molecule has 0 radical (unpaired) electrons. The van der Waals surface area contributed by atoms with Crippen LogP contribution in [0.25, 0.3) is 0 Å². The van der Waals surface area contributed by atoms with Gasteiger partial charge in [0.2, 0.25) is 0 Å². The molecule has 0 aliphatic heterocycles. The molecular weight excluding hydrogens is 194 g/mol. The van der Waals surface area contributed by atoms with Crippen LogP contribution in [0.5, 0.6) is 0 Å². The maximum absolute atomic E-state index is 3.17. The summed E-state index contributed by atoms with van der Waals surface area (Å²) in [6, 6.07) is 0. The van der Waals surface area contributed by atoms with Crippen LogP contribution >= 0.6 is 0 Å². The number of nitrogens with zero attached hydrogens (tertiary/aromatic N) is 1. The third kappa shape index (κ3) is 9.63. The molecule has 0 amide bonds. The summed E-state index contributed by atoms with van der Waals surface area (Å²) in [7, 11) is 0. The molecule has 0 aliphatic carbocycles. The molecule has 0 aromatic heterocycles. The molecule has 0 saturated carbocycles. The summed E-state index contributed by atoms with van der Waals surface area (Å²) in [5, 5.41) is 0. The molecule has 0 atom stereocenters. The lowest BCUT2D eigenvalue weighted by atomic mass is 10.2. The van der Waals surface area contributed by atoms with Crippen molar-refractivity contribution in [1.29, 1.82) is 0 Å². The summed E-state index contributed by atoms with van der Waals surface area (Å²) in [5.74, 6) is 12.6. The highest BCUT2D eigenvalue weighted by Crippen LogP contribution is 1.96. The molecule has 0 fully saturated rings. The minimum absolute atomic E-state index is 0.730. The minimum Gasteiger partial charge on any atom is -0.293 e. The van der Waals surface area contributed by atoms with E-state index in [9.17, 15) is 0 Å². The smallest absolute Gasteiger partial charge is 0.0703 e. The Balaban J connectivity index is 3.52. The van der Waals surface area contributed by atoms with Crippen LogP contribution < -0.4 is 0 Å². The van der Waals surface area contributed by atoms with Crippen molar-refractivity contribution >= 4 is 0 Å². The van der Waals surface area contributed by atoms with Gasteiger partial charge in [-0.15, -0.1) is 5.92 Å². The highest BCUT2D eigenvalue weighted by Gasteiger charge is 1.92. The van der Waals surface area contributed by atoms with Crippen molar-refractivity contribution in [2.24, 2.45) is 0 Å². The van der Waals surface area contributed by atoms with Crippen molar-refractivity contribution in [2.75, 3.05) is 19.6 Å². The van der Waals surface area contributed by atoms with E-state index in [4.69, 9.17) is 0 Å². The van der Waals surface area contributed by atoms with Gasteiger partial charge in [-0.3, -0.25) is 4.90 Å². The average Bonchev–Trinajstić information content (AvgIpc) is 2.32. The number of unbranched alkanes of at least 4 members (excludes halogenated alkanes) is 3. The molecule has 90 valence electrons. The van der Waals surface area contributed by atoms with Gasteiger partial charge in [0.15, 0.2) is 0 Å². The van der Waals surface area contributed by atoms with Gasteiger partial charge < -0.3 is 0 Å². The van der Waals surface area contributed by atoms with Gasteiger partial charge in [0.25, 0.3) is 0 Å². The molecule has 0 N–H and O–H groups in total. The fourth-order valence-corrected chi connectivity index (χ4v) is 1.34. The van der Waals surface area contributed by atoms with Crippen LogP contribution in [0.2, 0.25) is 0 Å². The standard InChI is InChI=1S/C15H25N/c1-4-7-8-9-10-11-12-13-14-15-16(5-2)6-3/h4-9,12,15H2,1-3H3. The highest BCUT2D eigenvalue weighted by atomic mass is 15.1. The van der Waals surface area contributed by atoms with E-state index in [0.29, 0.717) is 0 Å². The number of rotatable bonds is 6. The molecular formula is C15H25N. The second-order valence-electron chi connectivity index (χ2n) is 3.80. The number of hydrogen-bond acceptors (Lipinski definition) is 1. The summed E-state index contributed by atoms with van der Waals surface area (Å²) >= 11 is 0. The van der Waals surface area contributed by atoms with Crippen LogP contribution in [0.4, 0.5) is 0 Å². The summed E-state index contributed by atoms with van der Waals surface area (Å²) in [6.45, 7) is 9.58. The monoisotopic (exact) mass is 219 g/mol. The summed E-state index contributed by atoms with van der Waals surface area (Å²) in [5.41, 5.74) is 0. The van der Waals surface area contributed by atoms with Crippen LogP contribution in [0, 0.1) is 23.7 Å². The third-order valence-corrected chi connectivity index (χ3v) is 2.53. The van der Waals surface area contributed by atoms with E-state index in [1.807, 2.05) is 0 Å². The van der Waals surface area contributed by atoms with Crippen molar-refractivity contribution in [3.8, 4) is 23.7 Å². The van der Waals surface area contributed by atoms with Crippen LogP contribution in [0.15, 0.2) is 0 Å². The van der Waals surface area contributed by atoms with Gasteiger partial charge in [-0.25, -0.2) is 0 Å². The molecule has 0 heterocycles. The minimum atomic E-state index is 0.730. The van der Waals surface area contributed by atoms with Gasteiger partial charge in [-0.05, 0) is 19.5 Å². The summed E-state index contributed by atoms with van der Waals surface area (Å²) in [4.78, 5) is 2.31. The SMILES string of the molecule is CCCCCC#CCC#CCN(CC)CC. The first kappa shape index (κ1) is 15.1. The van der Waals surface area contributed by atoms with Crippen molar-refractivity contribution in [2.45, 2.75) is 52.9 Å². The topological polar surface area (TPSA) is 3.24 Å². The molecule has 0 aromatic carbocycles. The van der Waals surface area contributed by atoms with Crippen molar-refractivity contribution in [3.05, 3.63) is 0 Å². The second kappa shape index (κ2) is 12.2. The lowest BCUT2D eigenvalue weighted by Gasteiger charge is -2.12. The van der Waals surface area contributed by atoms with Crippen LogP contribution in [-0.2, 0) is 0 Å². The van der Waals surface area contributed by atoms with Crippen LogP contribution in [0.1, 0.15) is 52.9 Å². The first-order chi connectivity index (χ1) is 7.85. The Morgan fingerprint density at radius 2 is 1.50 bits per heavy atom. The second-order valence-corrected chi connectivity index (χ2v) is 3.80. The van der Waals surface area contributed by atoms with E-state index >= 15 is 0 Å². The highest BCUT2D eigenvalue weighted by molar-refractivity contribution is 5.12. The summed E-state index contributed by atoms with van der Waals surface area (Å²) < 4.78 is 0. The van der Waals surface area contributed by atoms with Gasteiger partial charge in [0.1, 0.15) is 0 Å². The Bertz CT molecular complexity index is 255. The first-order valence-electron chi connectivity index (χ1n) is 6.48. The molecule has 0 aromatic rings. The molecule has 16 heavy (non-hydrogen) atoms. The van der Waals surface area contributed by atoms with Crippen LogP contribution in [-0.4, -0.2) is 24.5 Å².